The van der Waals surface area contributed by atoms with Gasteiger partial charge in [0.2, 0.25) is 0 Å². The van der Waals surface area contributed by atoms with Gasteiger partial charge in [-0.3, -0.25) is 4.90 Å². The van der Waals surface area contributed by atoms with Crippen molar-refractivity contribution in [3.8, 4) is 5.75 Å². The Morgan fingerprint density at radius 2 is 2.11 bits per heavy atom. The summed E-state index contributed by atoms with van der Waals surface area (Å²) in [6, 6.07) is 9.01. The van der Waals surface area contributed by atoms with Gasteiger partial charge in [-0.25, -0.2) is 0 Å². The van der Waals surface area contributed by atoms with E-state index in [2.05, 4.69) is 29.3 Å². The molecule has 3 heteroatoms. The molecule has 0 aliphatic carbocycles. The minimum Gasteiger partial charge on any atom is -0.497 e. The molecule has 0 bridgehead atoms. The monoisotopic (exact) mass is 248 g/mol. The number of hydrogen-bond donors (Lipinski definition) is 1. The first-order valence-electron chi connectivity index (χ1n) is 6.91. The van der Waals surface area contributed by atoms with Crippen molar-refractivity contribution >= 4 is 0 Å². The van der Waals surface area contributed by atoms with Crippen LogP contribution in [-0.2, 0) is 6.54 Å². The van der Waals surface area contributed by atoms with E-state index in [-0.39, 0.29) is 0 Å². The molecule has 1 fully saturated rings. The number of benzene rings is 1. The summed E-state index contributed by atoms with van der Waals surface area (Å²) in [6.45, 7) is 6.74. The van der Waals surface area contributed by atoms with Crippen LogP contribution in [0, 0.1) is 0 Å². The highest BCUT2D eigenvalue weighted by Crippen LogP contribution is 2.16. The Labute approximate surface area is 110 Å². The van der Waals surface area contributed by atoms with Crippen LogP contribution in [0.5, 0.6) is 5.75 Å². The fourth-order valence-electron chi connectivity index (χ4n) is 2.67. The molecule has 1 aromatic rings. The van der Waals surface area contributed by atoms with Gasteiger partial charge in [0, 0.05) is 19.1 Å². The summed E-state index contributed by atoms with van der Waals surface area (Å²) in [4.78, 5) is 2.57. The summed E-state index contributed by atoms with van der Waals surface area (Å²) < 4.78 is 5.16. The van der Waals surface area contributed by atoms with E-state index in [9.17, 15) is 0 Å². The van der Waals surface area contributed by atoms with Crippen molar-refractivity contribution in [2.24, 2.45) is 0 Å². The fraction of sp³-hybridized carbons (Fsp3) is 0.600. The predicted molar refractivity (Wildman–Crippen MR) is 75.0 cm³/mol. The standard InChI is InChI=1S/C15H24N2O/c1-3-17-10-4-5-14(17)12-16-11-13-6-8-15(18-2)9-7-13/h6-9,14,16H,3-5,10-12H2,1-2H3/t14-/m0/s1. The second-order valence-corrected chi connectivity index (χ2v) is 4.90. The lowest BCUT2D eigenvalue weighted by atomic mass is 10.2. The van der Waals surface area contributed by atoms with Crippen LogP contribution in [0.2, 0.25) is 0 Å². The molecular weight excluding hydrogens is 224 g/mol. The van der Waals surface area contributed by atoms with Gasteiger partial charge in [-0.1, -0.05) is 19.1 Å². The number of likely N-dealkylation sites (tertiary alicyclic amines) is 1. The zero-order valence-electron chi connectivity index (χ0n) is 11.5. The first-order valence-corrected chi connectivity index (χ1v) is 6.91. The summed E-state index contributed by atoms with van der Waals surface area (Å²) >= 11 is 0. The Bertz CT molecular complexity index is 350. The van der Waals surface area contributed by atoms with E-state index in [0.717, 1.165) is 24.9 Å². The third kappa shape index (κ3) is 3.47. The number of methoxy groups -OCH3 is 1. The molecule has 0 radical (unpaired) electrons. The molecule has 1 aliphatic rings. The Morgan fingerprint density at radius 3 is 2.78 bits per heavy atom. The Balaban J connectivity index is 1.74. The van der Waals surface area contributed by atoms with E-state index < -0.39 is 0 Å². The van der Waals surface area contributed by atoms with Crippen molar-refractivity contribution in [3.05, 3.63) is 29.8 Å². The van der Waals surface area contributed by atoms with Crippen molar-refractivity contribution < 1.29 is 4.74 Å². The maximum absolute atomic E-state index is 5.16. The molecule has 1 aromatic carbocycles. The van der Waals surface area contributed by atoms with Crippen LogP contribution in [-0.4, -0.2) is 37.7 Å². The summed E-state index contributed by atoms with van der Waals surface area (Å²) in [5.41, 5.74) is 1.32. The van der Waals surface area contributed by atoms with Gasteiger partial charge >= 0.3 is 0 Å². The lowest BCUT2D eigenvalue weighted by Crippen LogP contribution is -2.37. The molecule has 1 atom stereocenters. The van der Waals surface area contributed by atoms with Gasteiger partial charge < -0.3 is 10.1 Å². The first kappa shape index (κ1) is 13.4. The molecule has 18 heavy (non-hydrogen) atoms. The summed E-state index contributed by atoms with van der Waals surface area (Å²) in [7, 11) is 1.70. The summed E-state index contributed by atoms with van der Waals surface area (Å²) in [5, 5.41) is 3.56. The molecule has 1 N–H and O–H groups in total. The van der Waals surface area contributed by atoms with Gasteiger partial charge in [0.05, 0.1) is 7.11 Å². The zero-order chi connectivity index (χ0) is 12.8. The van der Waals surface area contributed by atoms with Crippen LogP contribution in [0.1, 0.15) is 25.3 Å². The van der Waals surface area contributed by atoms with Gasteiger partial charge in [0.25, 0.3) is 0 Å². The number of rotatable bonds is 6. The van der Waals surface area contributed by atoms with Crippen molar-refractivity contribution in [1.29, 1.82) is 0 Å². The maximum atomic E-state index is 5.16. The quantitative estimate of drug-likeness (QED) is 0.836. The van der Waals surface area contributed by atoms with Crippen molar-refractivity contribution in [1.82, 2.24) is 10.2 Å². The summed E-state index contributed by atoms with van der Waals surface area (Å²) in [5.74, 6) is 0.923. The van der Waals surface area contributed by atoms with Crippen molar-refractivity contribution in [2.45, 2.75) is 32.4 Å². The van der Waals surface area contributed by atoms with Crippen LogP contribution in [0.15, 0.2) is 24.3 Å². The highest BCUT2D eigenvalue weighted by Gasteiger charge is 2.21. The normalized spacial score (nSPS) is 20.2. The molecule has 100 valence electrons. The van der Waals surface area contributed by atoms with Crippen molar-refractivity contribution in [2.75, 3.05) is 26.7 Å². The molecule has 1 saturated heterocycles. The number of likely N-dealkylation sites (N-methyl/N-ethyl adjacent to an activating group) is 1. The average Bonchev–Trinajstić information content (AvgIpc) is 2.87. The van der Waals surface area contributed by atoms with Gasteiger partial charge in [0.1, 0.15) is 5.75 Å². The number of nitrogens with zero attached hydrogens (tertiary/aromatic N) is 1. The van der Waals surface area contributed by atoms with Gasteiger partial charge in [-0.15, -0.1) is 0 Å². The molecule has 1 heterocycles. The van der Waals surface area contributed by atoms with Crippen molar-refractivity contribution in [3.63, 3.8) is 0 Å². The van der Waals surface area contributed by atoms with E-state index in [1.807, 2.05) is 12.1 Å². The number of hydrogen-bond acceptors (Lipinski definition) is 3. The number of nitrogens with one attached hydrogen (secondary N) is 1. The zero-order valence-corrected chi connectivity index (χ0v) is 11.5. The molecule has 0 unspecified atom stereocenters. The topological polar surface area (TPSA) is 24.5 Å². The summed E-state index contributed by atoms with van der Waals surface area (Å²) in [6.07, 6.45) is 2.69. The SMILES string of the molecule is CCN1CCC[C@H]1CNCc1ccc(OC)cc1. The third-order valence-corrected chi connectivity index (χ3v) is 3.77. The van der Waals surface area contributed by atoms with Gasteiger partial charge in [-0.2, -0.15) is 0 Å². The van der Waals surface area contributed by atoms with E-state index >= 15 is 0 Å². The molecule has 3 nitrogen and oxygen atoms in total. The minimum absolute atomic E-state index is 0.730. The van der Waals surface area contributed by atoms with E-state index in [0.29, 0.717) is 0 Å². The van der Waals surface area contributed by atoms with Crippen LogP contribution < -0.4 is 10.1 Å². The van der Waals surface area contributed by atoms with Crippen LogP contribution >= 0.6 is 0 Å². The molecule has 2 rings (SSSR count). The Morgan fingerprint density at radius 1 is 1.33 bits per heavy atom. The smallest absolute Gasteiger partial charge is 0.118 e. The largest absolute Gasteiger partial charge is 0.497 e. The van der Waals surface area contributed by atoms with Crippen LogP contribution in [0.25, 0.3) is 0 Å². The van der Waals surface area contributed by atoms with E-state index in [1.54, 1.807) is 7.11 Å². The highest BCUT2D eigenvalue weighted by molar-refractivity contribution is 5.26. The molecule has 0 aromatic heterocycles. The second kappa shape index (κ2) is 6.76. The predicted octanol–water partition coefficient (Wildman–Crippen LogP) is 2.27. The van der Waals surface area contributed by atoms with Crippen LogP contribution in [0.3, 0.4) is 0 Å². The van der Waals surface area contributed by atoms with E-state index in [4.69, 9.17) is 4.74 Å². The molecular formula is C15H24N2O. The third-order valence-electron chi connectivity index (χ3n) is 3.77. The van der Waals surface area contributed by atoms with Gasteiger partial charge in [0.15, 0.2) is 0 Å². The Hall–Kier alpha value is -1.06. The van der Waals surface area contributed by atoms with E-state index in [1.165, 1.54) is 31.5 Å². The molecule has 1 aliphatic heterocycles. The molecule has 0 saturated carbocycles. The van der Waals surface area contributed by atoms with Crippen LogP contribution in [0.4, 0.5) is 0 Å². The van der Waals surface area contributed by atoms with Gasteiger partial charge in [-0.05, 0) is 43.6 Å². The number of ether oxygens (including phenoxy) is 1. The molecule has 0 amide bonds. The maximum Gasteiger partial charge on any atom is 0.118 e. The first-order chi connectivity index (χ1) is 8.83. The lowest BCUT2D eigenvalue weighted by molar-refractivity contribution is 0.260. The average molecular weight is 248 g/mol. The highest BCUT2D eigenvalue weighted by atomic mass is 16.5. The minimum atomic E-state index is 0.730. The molecule has 0 spiro atoms. The fourth-order valence-corrected chi connectivity index (χ4v) is 2.67. The Kier molecular flexibility index (Phi) is 5.02. The lowest BCUT2D eigenvalue weighted by Gasteiger charge is -2.23. The second-order valence-electron chi connectivity index (χ2n) is 4.90.